The molecule has 0 aromatic carbocycles. The Labute approximate surface area is 104 Å². The second-order valence-corrected chi connectivity index (χ2v) is 4.21. The summed E-state index contributed by atoms with van der Waals surface area (Å²) in [5.74, 6) is 1.05. The van der Waals surface area contributed by atoms with E-state index >= 15 is 0 Å². The molecule has 98 valence electrons. The van der Waals surface area contributed by atoms with Gasteiger partial charge in [-0.1, -0.05) is 20.3 Å². The van der Waals surface area contributed by atoms with Crippen molar-refractivity contribution in [2.24, 2.45) is 7.05 Å². The Morgan fingerprint density at radius 1 is 1.41 bits per heavy atom. The summed E-state index contributed by atoms with van der Waals surface area (Å²) in [6, 6.07) is 0.180. The Hall–Kier alpha value is -0.870. The molecular formula is C13H25N3O. The van der Waals surface area contributed by atoms with Crippen molar-refractivity contribution >= 4 is 0 Å². The molecule has 0 spiro atoms. The highest BCUT2D eigenvalue weighted by Crippen LogP contribution is 2.21. The lowest BCUT2D eigenvalue weighted by Crippen LogP contribution is -2.35. The number of aryl methyl sites for hydroxylation is 1. The molecule has 0 saturated carbocycles. The van der Waals surface area contributed by atoms with Crippen LogP contribution in [0.4, 0.5) is 0 Å². The molecule has 0 aliphatic carbocycles. The molecule has 1 rings (SSSR count). The zero-order valence-corrected chi connectivity index (χ0v) is 11.4. The maximum absolute atomic E-state index is 5.86. The number of imidazole rings is 1. The van der Waals surface area contributed by atoms with E-state index in [0.29, 0.717) is 0 Å². The predicted octanol–water partition coefficient (Wildman–Crippen LogP) is 2.28. The maximum atomic E-state index is 5.86. The van der Waals surface area contributed by atoms with E-state index < -0.39 is 0 Å². The molecule has 4 heteroatoms. The highest BCUT2D eigenvalue weighted by Gasteiger charge is 2.25. The molecule has 0 fully saturated rings. The van der Waals surface area contributed by atoms with Crippen LogP contribution in [0.1, 0.15) is 45.5 Å². The number of aromatic nitrogens is 2. The first-order chi connectivity index (χ1) is 8.24. The Balaban J connectivity index is 2.85. The zero-order valence-electron chi connectivity index (χ0n) is 11.4. The largest absolute Gasteiger partial charge is 0.376 e. The van der Waals surface area contributed by atoms with Crippen molar-refractivity contribution < 1.29 is 4.74 Å². The van der Waals surface area contributed by atoms with E-state index in [1.165, 1.54) is 0 Å². The van der Waals surface area contributed by atoms with E-state index in [1.807, 2.05) is 26.4 Å². The van der Waals surface area contributed by atoms with Crippen LogP contribution >= 0.6 is 0 Å². The van der Waals surface area contributed by atoms with Crippen molar-refractivity contribution in [1.29, 1.82) is 0 Å². The van der Waals surface area contributed by atoms with Gasteiger partial charge in [0.05, 0.1) is 12.1 Å². The fourth-order valence-corrected chi connectivity index (χ4v) is 2.13. The first-order valence-electron chi connectivity index (χ1n) is 6.56. The van der Waals surface area contributed by atoms with Crippen LogP contribution in [0.25, 0.3) is 0 Å². The second-order valence-electron chi connectivity index (χ2n) is 4.21. The van der Waals surface area contributed by atoms with E-state index in [2.05, 4.69) is 28.7 Å². The molecule has 0 radical (unpaired) electrons. The quantitative estimate of drug-likeness (QED) is 0.756. The molecule has 1 heterocycles. The van der Waals surface area contributed by atoms with Gasteiger partial charge in [0.25, 0.3) is 0 Å². The lowest BCUT2D eigenvalue weighted by molar-refractivity contribution is 0.0251. The number of nitrogens with zero attached hydrogens (tertiary/aromatic N) is 2. The van der Waals surface area contributed by atoms with Gasteiger partial charge in [-0.15, -0.1) is 0 Å². The summed E-state index contributed by atoms with van der Waals surface area (Å²) >= 11 is 0. The van der Waals surface area contributed by atoms with Crippen LogP contribution in [0.2, 0.25) is 0 Å². The summed E-state index contributed by atoms with van der Waals surface area (Å²) in [4.78, 5) is 4.44. The molecule has 0 amide bonds. The number of rotatable bonds is 8. The average molecular weight is 239 g/mol. The van der Waals surface area contributed by atoms with Crippen molar-refractivity contribution in [3.8, 4) is 0 Å². The highest BCUT2D eigenvalue weighted by atomic mass is 16.5. The standard InChI is InChI=1S/C13H25N3O/c1-5-8-11(17-7-3)12(14-6-2)13-15-9-10-16(13)4/h9-12,14H,5-8H2,1-4H3. The van der Waals surface area contributed by atoms with Crippen molar-refractivity contribution in [3.05, 3.63) is 18.2 Å². The van der Waals surface area contributed by atoms with Crippen LogP contribution < -0.4 is 5.32 Å². The van der Waals surface area contributed by atoms with E-state index in [4.69, 9.17) is 4.74 Å². The lowest BCUT2D eigenvalue weighted by Gasteiger charge is -2.27. The highest BCUT2D eigenvalue weighted by molar-refractivity contribution is 5.01. The fraction of sp³-hybridized carbons (Fsp3) is 0.769. The number of nitrogens with one attached hydrogen (secondary N) is 1. The van der Waals surface area contributed by atoms with Crippen LogP contribution in [-0.2, 0) is 11.8 Å². The average Bonchev–Trinajstić information content (AvgIpc) is 2.72. The number of ether oxygens (including phenoxy) is 1. The zero-order chi connectivity index (χ0) is 12.7. The summed E-state index contributed by atoms with van der Waals surface area (Å²) in [6.45, 7) is 8.02. The first kappa shape index (κ1) is 14.2. The fourth-order valence-electron chi connectivity index (χ4n) is 2.13. The van der Waals surface area contributed by atoms with E-state index in [-0.39, 0.29) is 12.1 Å². The van der Waals surface area contributed by atoms with Gasteiger partial charge in [-0.3, -0.25) is 0 Å². The SMILES string of the molecule is CCCC(OCC)C(NCC)c1nccn1C. The minimum absolute atomic E-state index is 0.180. The molecule has 1 aromatic heterocycles. The predicted molar refractivity (Wildman–Crippen MR) is 69.9 cm³/mol. The van der Waals surface area contributed by atoms with Crippen molar-refractivity contribution in [2.75, 3.05) is 13.2 Å². The third-order valence-electron chi connectivity index (χ3n) is 2.89. The summed E-state index contributed by atoms with van der Waals surface area (Å²) in [7, 11) is 2.03. The monoisotopic (exact) mass is 239 g/mol. The van der Waals surface area contributed by atoms with Crippen LogP contribution in [0.5, 0.6) is 0 Å². The minimum atomic E-state index is 0.180. The summed E-state index contributed by atoms with van der Waals surface area (Å²) in [5.41, 5.74) is 0. The van der Waals surface area contributed by atoms with Gasteiger partial charge in [-0.2, -0.15) is 0 Å². The van der Waals surface area contributed by atoms with Gasteiger partial charge < -0.3 is 14.6 Å². The maximum Gasteiger partial charge on any atom is 0.128 e. The molecule has 17 heavy (non-hydrogen) atoms. The molecule has 2 atom stereocenters. The third-order valence-corrected chi connectivity index (χ3v) is 2.89. The van der Waals surface area contributed by atoms with Crippen molar-refractivity contribution in [1.82, 2.24) is 14.9 Å². The minimum Gasteiger partial charge on any atom is -0.376 e. The molecule has 1 aromatic rings. The van der Waals surface area contributed by atoms with Crippen LogP contribution in [0, 0.1) is 0 Å². The number of hydrogen-bond donors (Lipinski definition) is 1. The van der Waals surface area contributed by atoms with Gasteiger partial charge >= 0.3 is 0 Å². The number of hydrogen-bond acceptors (Lipinski definition) is 3. The molecule has 0 aliphatic rings. The Kier molecular flexibility index (Phi) is 6.22. The molecular weight excluding hydrogens is 214 g/mol. The summed E-state index contributed by atoms with van der Waals surface area (Å²) < 4.78 is 7.92. The molecule has 1 N–H and O–H groups in total. The first-order valence-corrected chi connectivity index (χ1v) is 6.56. The van der Waals surface area contributed by atoms with Crippen molar-refractivity contribution in [2.45, 2.75) is 45.8 Å². The Morgan fingerprint density at radius 2 is 2.18 bits per heavy atom. The van der Waals surface area contributed by atoms with Crippen LogP contribution in [0.3, 0.4) is 0 Å². The van der Waals surface area contributed by atoms with E-state index in [0.717, 1.165) is 31.8 Å². The third kappa shape index (κ3) is 3.82. The molecule has 0 bridgehead atoms. The molecule has 0 aliphatic heterocycles. The van der Waals surface area contributed by atoms with Gasteiger partial charge in [0, 0.05) is 26.0 Å². The lowest BCUT2D eigenvalue weighted by atomic mass is 10.1. The van der Waals surface area contributed by atoms with Gasteiger partial charge in [-0.05, 0) is 19.9 Å². The molecule has 0 saturated heterocycles. The normalized spacial score (nSPS) is 14.8. The van der Waals surface area contributed by atoms with Gasteiger partial charge in [0.15, 0.2) is 0 Å². The topological polar surface area (TPSA) is 39.1 Å². The number of likely N-dealkylation sites (N-methyl/N-ethyl adjacent to an activating group) is 1. The molecule has 2 unspecified atom stereocenters. The van der Waals surface area contributed by atoms with Gasteiger partial charge in [-0.25, -0.2) is 4.98 Å². The Bertz CT molecular complexity index is 305. The van der Waals surface area contributed by atoms with E-state index in [1.54, 1.807) is 0 Å². The van der Waals surface area contributed by atoms with Gasteiger partial charge in [0.1, 0.15) is 5.82 Å². The van der Waals surface area contributed by atoms with Crippen molar-refractivity contribution in [3.63, 3.8) is 0 Å². The summed E-state index contributed by atoms with van der Waals surface area (Å²) in [5, 5.41) is 3.49. The van der Waals surface area contributed by atoms with Crippen LogP contribution in [0.15, 0.2) is 12.4 Å². The molecule has 4 nitrogen and oxygen atoms in total. The smallest absolute Gasteiger partial charge is 0.128 e. The Morgan fingerprint density at radius 3 is 2.65 bits per heavy atom. The second kappa shape index (κ2) is 7.45. The van der Waals surface area contributed by atoms with Crippen LogP contribution in [-0.4, -0.2) is 28.8 Å². The van der Waals surface area contributed by atoms with Gasteiger partial charge in [0.2, 0.25) is 0 Å². The van der Waals surface area contributed by atoms with E-state index in [9.17, 15) is 0 Å². The summed E-state index contributed by atoms with van der Waals surface area (Å²) in [6.07, 6.45) is 6.20.